The second-order valence-corrected chi connectivity index (χ2v) is 10.5. The molecule has 0 spiro atoms. The van der Waals surface area contributed by atoms with Crippen LogP contribution in [0.2, 0.25) is 0 Å². The van der Waals surface area contributed by atoms with Crippen LogP contribution in [0.4, 0.5) is 18.9 Å². The van der Waals surface area contributed by atoms with E-state index in [1.165, 1.54) is 17.0 Å². The number of alkyl halides is 3. The number of fused-ring (bicyclic) bond motifs is 1. The molecule has 1 amide bonds. The van der Waals surface area contributed by atoms with Gasteiger partial charge in [0, 0.05) is 10.9 Å². The van der Waals surface area contributed by atoms with Gasteiger partial charge < -0.3 is 9.64 Å². The first-order valence-corrected chi connectivity index (χ1v) is 12.0. The average Bonchev–Trinajstić information content (AvgIpc) is 3.17. The van der Waals surface area contributed by atoms with E-state index in [2.05, 4.69) is 4.99 Å². The summed E-state index contributed by atoms with van der Waals surface area (Å²) in [4.78, 5) is 17.8. The zero-order valence-corrected chi connectivity index (χ0v) is 17.6. The number of anilines is 1. The van der Waals surface area contributed by atoms with Crippen LogP contribution in [0.25, 0.3) is 0 Å². The van der Waals surface area contributed by atoms with Crippen molar-refractivity contribution in [3.63, 3.8) is 0 Å². The van der Waals surface area contributed by atoms with Crippen LogP contribution < -0.4 is 9.64 Å². The maximum Gasteiger partial charge on any atom is 0.416 e. The molecular formula is C20H17F3N2O4S2. The third-order valence-electron chi connectivity index (χ3n) is 4.84. The van der Waals surface area contributed by atoms with Crippen molar-refractivity contribution in [3.05, 3.63) is 60.2 Å². The largest absolute Gasteiger partial charge is 0.484 e. The van der Waals surface area contributed by atoms with Crippen LogP contribution in [-0.2, 0) is 20.8 Å². The van der Waals surface area contributed by atoms with Crippen molar-refractivity contribution < 1.29 is 31.1 Å². The molecule has 6 nitrogen and oxygen atoms in total. The van der Waals surface area contributed by atoms with Crippen LogP contribution in [0.5, 0.6) is 5.75 Å². The molecule has 0 aromatic heterocycles. The predicted molar refractivity (Wildman–Crippen MR) is 112 cm³/mol. The van der Waals surface area contributed by atoms with E-state index in [0.29, 0.717) is 5.75 Å². The smallest absolute Gasteiger partial charge is 0.416 e. The number of benzene rings is 2. The van der Waals surface area contributed by atoms with E-state index in [1.807, 2.05) is 0 Å². The van der Waals surface area contributed by atoms with Crippen molar-refractivity contribution in [2.24, 2.45) is 4.99 Å². The standard InChI is InChI=1S/C20H17F3N2O4S2/c21-20(22,23)13-5-4-6-14(9-13)25-16-11-31(27,28)12-17(16)30-19(25)24-18(26)10-29-15-7-2-1-3-8-15/h1-9,16-17H,10-12H2/t16-,17-/m1/s1. The summed E-state index contributed by atoms with van der Waals surface area (Å²) in [6.45, 7) is -0.349. The van der Waals surface area contributed by atoms with Gasteiger partial charge in [-0.25, -0.2) is 8.42 Å². The van der Waals surface area contributed by atoms with Gasteiger partial charge in [0.1, 0.15) is 5.75 Å². The van der Waals surface area contributed by atoms with Gasteiger partial charge >= 0.3 is 6.18 Å². The van der Waals surface area contributed by atoms with Crippen molar-refractivity contribution in [2.45, 2.75) is 17.5 Å². The number of halogens is 3. The summed E-state index contributed by atoms with van der Waals surface area (Å²) in [7, 11) is -3.33. The number of ether oxygens (including phenoxy) is 1. The van der Waals surface area contributed by atoms with E-state index < -0.39 is 38.8 Å². The minimum Gasteiger partial charge on any atom is -0.484 e. The molecule has 11 heteroatoms. The molecule has 2 atom stereocenters. The van der Waals surface area contributed by atoms with Crippen LogP contribution in [0.3, 0.4) is 0 Å². The molecule has 0 radical (unpaired) electrons. The Morgan fingerprint density at radius 1 is 1.13 bits per heavy atom. The number of amides is 1. The molecule has 31 heavy (non-hydrogen) atoms. The average molecular weight is 470 g/mol. The van der Waals surface area contributed by atoms with Crippen molar-refractivity contribution >= 4 is 38.4 Å². The quantitative estimate of drug-likeness (QED) is 0.682. The molecule has 2 aliphatic heterocycles. The monoisotopic (exact) mass is 470 g/mol. The van der Waals surface area contributed by atoms with Gasteiger partial charge in [-0.05, 0) is 30.3 Å². The van der Waals surface area contributed by atoms with E-state index in [1.54, 1.807) is 30.3 Å². The van der Waals surface area contributed by atoms with Gasteiger partial charge in [-0.2, -0.15) is 18.2 Å². The van der Waals surface area contributed by atoms with Crippen LogP contribution in [0, 0.1) is 0 Å². The summed E-state index contributed by atoms with van der Waals surface area (Å²) in [6.07, 6.45) is -4.55. The summed E-state index contributed by atoms with van der Waals surface area (Å²) in [5.74, 6) is -0.473. The molecule has 0 bridgehead atoms. The van der Waals surface area contributed by atoms with Crippen LogP contribution in [0.15, 0.2) is 59.6 Å². The Morgan fingerprint density at radius 2 is 1.87 bits per heavy atom. The molecule has 0 N–H and O–H groups in total. The van der Waals surface area contributed by atoms with Crippen LogP contribution in [0.1, 0.15) is 5.56 Å². The van der Waals surface area contributed by atoms with E-state index in [0.717, 1.165) is 23.9 Å². The first kappa shape index (κ1) is 21.7. The van der Waals surface area contributed by atoms with Crippen molar-refractivity contribution in [1.29, 1.82) is 0 Å². The topological polar surface area (TPSA) is 76.0 Å². The van der Waals surface area contributed by atoms with E-state index in [9.17, 15) is 26.4 Å². The normalized spacial score (nSPS) is 23.7. The fourth-order valence-corrected chi connectivity index (χ4v) is 7.43. The van der Waals surface area contributed by atoms with E-state index in [-0.39, 0.29) is 29.0 Å². The molecule has 2 aromatic carbocycles. The molecule has 0 aliphatic carbocycles. The molecule has 164 valence electrons. The minimum atomic E-state index is -4.55. The zero-order chi connectivity index (χ0) is 22.2. The lowest BCUT2D eigenvalue weighted by molar-refractivity contribution is -0.137. The van der Waals surface area contributed by atoms with Crippen LogP contribution >= 0.6 is 11.8 Å². The highest BCUT2D eigenvalue weighted by Gasteiger charge is 2.49. The number of rotatable bonds is 4. The second kappa shape index (κ2) is 8.19. The lowest BCUT2D eigenvalue weighted by Crippen LogP contribution is -2.38. The molecule has 2 heterocycles. The number of hydrogen-bond acceptors (Lipinski definition) is 5. The Kier molecular flexibility index (Phi) is 5.73. The van der Waals surface area contributed by atoms with E-state index >= 15 is 0 Å². The first-order chi connectivity index (χ1) is 14.6. The Hall–Kier alpha value is -2.53. The molecule has 4 rings (SSSR count). The number of thioether (sulfide) groups is 1. The molecule has 2 aromatic rings. The van der Waals surface area contributed by atoms with Gasteiger partial charge in [0.05, 0.1) is 23.1 Å². The highest BCUT2D eigenvalue weighted by Crippen LogP contribution is 2.42. The molecule has 2 saturated heterocycles. The molecular weight excluding hydrogens is 453 g/mol. The first-order valence-electron chi connectivity index (χ1n) is 9.25. The van der Waals surface area contributed by atoms with Gasteiger partial charge in [-0.3, -0.25) is 4.79 Å². The number of hydrogen-bond donors (Lipinski definition) is 0. The van der Waals surface area contributed by atoms with Gasteiger partial charge in [0.25, 0.3) is 5.91 Å². The number of sulfone groups is 1. The van der Waals surface area contributed by atoms with Crippen LogP contribution in [-0.4, -0.2) is 48.9 Å². The Balaban J connectivity index is 1.62. The second-order valence-electron chi connectivity index (χ2n) is 7.11. The number of carbonyl (C=O) groups is 1. The highest BCUT2D eigenvalue weighted by molar-refractivity contribution is 8.16. The fourth-order valence-electron chi connectivity index (χ4n) is 3.50. The number of nitrogens with zero attached hydrogens (tertiary/aromatic N) is 2. The van der Waals surface area contributed by atoms with Crippen molar-refractivity contribution in [2.75, 3.05) is 23.0 Å². The third-order valence-corrected chi connectivity index (χ3v) is 8.05. The van der Waals surface area contributed by atoms with Gasteiger partial charge in [-0.15, -0.1) is 0 Å². The number of carbonyl (C=O) groups excluding carboxylic acids is 1. The van der Waals surface area contributed by atoms with Crippen molar-refractivity contribution in [3.8, 4) is 5.75 Å². The highest BCUT2D eigenvalue weighted by atomic mass is 32.2. The van der Waals surface area contributed by atoms with E-state index in [4.69, 9.17) is 4.74 Å². The molecule has 0 unspecified atom stereocenters. The van der Waals surface area contributed by atoms with Gasteiger partial charge in [-0.1, -0.05) is 36.0 Å². The number of aliphatic imine (C=N–C) groups is 1. The van der Waals surface area contributed by atoms with Gasteiger partial charge in [0.15, 0.2) is 21.6 Å². The summed E-state index contributed by atoms with van der Waals surface area (Å²) < 4.78 is 69.1. The SMILES string of the molecule is O=C(COc1ccccc1)N=C1S[C@@H]2CS(=O)(=O)C[C@H]2N1c1cccc(C(F)(F)F)c1. The lowest BCUT2D eigenvalue weighted by atomic mass is 10.1. The molecule has 0 saturated carbocycles. The maximum atomic E-state index is 13.2. The number of amidine groups is 1. The molecule has 2 aliphatic rings. The summed E-state index contributed by atoms with van der Waals surface area (Å²) >= 11 is 1.09. The predicted octanol–water partition coefficient (Wildman–Crippen LogP) is 3.39. The number of para-hydroxylation sites is 1. The zero-order valence-electron chi connectivity index (χ0n) is 15.9. The molecule has 2 fully saturated rings. The Morgan fingerprint density at radius 3 is 2.58 bits per heavy atom. The Bertz CT molecular complexity index is 1120. The summed E-state index contributed by atoms with van der Waals surface area (Å²) in [5.41, 5.74) is -0.722. The fraction of sp³-hybridized carbons (Fsp3) is 0.300. The lowest BCUT2D eigenvalue weighted by Gasteiger charge is -2.25. The summed E-state index contributed by atoms with van der Waals surface area (Å²) in [5, 5.41) is -0.243. The maximum absolute atomic E-state index is 13.2. The van der Waals surface area contributed by atoms with Crippen molar-refractivity contribution in [1.82, 2.24) is 0 Å². The summed E-state index contributed by atoms with van der Waals surface area (Å²) in [6, 6.07) is 12.6. The minimum absolute atomic E-state index is 0.120. The van der Waals surface area contributed by atoms with Gasteiger partial charge in [0.2, 0.25) is 0 Å². The Labute approximate surface area is 181 Å². The third kappa shape index (κ3) is 4.87.